The minimum absolute atomic E-state index is 0.129. The summed E-state index contributed by atoms with van der Waals surface area (Å²) in [6.45, 7) is 4.47. The fourth-order valence-corrected chi connectivity index (χ4v) is 2.24. The van der Waals surface area contributed by atoms with Crippen LogP contribution in [-0.2, 0) is 4.74 Å². The third-order valence-electron chi connectivity index (χ3n) is 3.49. The van der Waals surface area contributed by atoms with Gasteiger partial charge in [0, 0.05) is 25.4 Å². The maximum absolute atomic E-state index is 11.7. The molecule has 1 heterocycles. The molecule has 1 fully saturated rings. The molecule has 1 aromatic carbocycles. The molecule has 0 aliphatic carbocycles. The van der Waals surface area contributed by atoms with E-state index in [1.807, 2.05) is 31.2 Å². The van der Waals surface area contributed by atoms with Crippen LogP contribution in [-0.4, -0.2) is 25.8 Å². The first-order chi connectivity index (χ1) is 9.24. The maximum atomic E-state index is 11.7. The number of benzene rings is 1. The Bertz CT molecular complexity index is 397. The second-order valence-corrected chi connectivity index (χ2v) is 5.09. The summed E-state index contributed by atoms with van der Waals surface area (Å²) in [4.78, 5) is 11.7. The lowest BCUT2D eigenvalue weighted by atomic mass is 9.97. The van der Waals surface area contributed by atoms with Crippen molar-refractivity contribution in [3.63, 3.8) is 0 Å². The summed E-state index contributed by atoms with van der Waals surface area (Å²) in [5, 5.41) is 5.73. The van der Waals surface area contributed by atoms with Crippen LogP contribution in [0.15, 0.2) is 24.3 Å². The van der Waals surface area contributed by atoms with E-state index in [1.54, 1.807) is 0 Å². The smallest absolute Gasteiger partial charge is 0.319 e. The number of urea groups is 1. The number of ether oxygens (including phenoxy) is 1. The third kappa shape index (κ3) is 4.91. The Hall–Kier alpha value is -1.55. The van der Waals surface area contributed by atoms with Crippen molar-refractivity contribution >= 4 is 11.7 Å². The monoisotopic (exact) mass is 262 g/mol. The van der Waals surface area contributed by atoms with E-state index in [4.69, 9.17) is 4.74 Å². The summed E-state index contributed by atoms with van der Waals surface area (Å²) in [7, 11) is 0. The van der Waals surface area contributed by atoms with E-state index >= 15 is 0 Å². The molecular formula is C15H22N2O2. The van der Waals surface area contributed by atoms with Gasteiger partial charge >= 0.3 is 6.03 Å². The van der Waals surface area contributed by atoms with Crippen LogP contribution in [0.3, 0.4) is 0 Å². The minimum Gasteiger partial charge on any atom is -0.381 e. The zero-order valence-electron chi connectivity index (χ0n) is 11.4. The lowest BCUT2D eigenvalue weighted by Gasteiger charge is -2.21. The van der Waals surface area contributed by atoms with Gasteiger partial charge in [-0.15, -0.1) is 0 Å². The zero-order chi connectivity index (χ0) is 13.5. The highest BCUT2D eigenvalue weighted by Crippen LogP contribution is 2.17. The number of carbonyl (C=O) groups excluding carboxylic acids is 1. The summed E-state index contributed by atoms with van der Waals surface area (Å²) in [5.41, 5.74) is 2.01. The molecule has 19 heavy (non-hydrogen) atoms. The van der Waals surface area contributed by atoms with Crippen LogP contribution in [0.25, 0.3) is 0 Å². The Morgan fingerprint density at radius 3 is 2.63 bits per heavy atom. The highest BCUT2D eigenvalue weighted by molar-refractivity contribution is 5.89. The van der Waals surface area contributed by atoms with Gasteiger partial charge in [-0.2, -0.15) is 0 Å². The van der Waals surface area contributed by atoms with E-state index in [0.717, 1.165) is 44.7 Å². The number of carbonyl (C=O) groups is 1. The molecule has 104 valence electrons. The van der Waals surface area contributed by atoms with Crippen LogP contribution >= 0.6 is 0 Å². The van der Waals surface area contributed by atoms with Crippen molar-refractivity contribution in [1.82, 2.24) is 5.32 Å². The third-order valence-corrected chi connectivity index (χ3v) is 3.49. The molecule has 2 N–H and O–H groups in total. The van der Waals surface area contributed by atoms with Crippen molar-refractivity contribution in [3.05, 3.63) is 29.8 Å². The Morgan fingerprint density at radius 2 is 1.95 bits per heavy atom. The predicted molar refractivity (Wildman–Crippen MR) is 76.4 cm³/mol. The van der Waals surface area contributed by atoms with Crippen LogP contribution in [0.5, 0.6) is 0 Å². The molecule has 0 radical (unpaired) electrons. The van der Waals surface area contributed by atoms with Crippen molar-refractivity contribution in [2.24, 2.45) is 5.92 Å². The first-order valence-corrected chi connectivity index (χ1v) is 6.93. The average Bonchev–Trinajstić information content (AvgIpc) is 2.43. The first kappa shape index (κ1) is 13.9. The Labute approximate surface area is 114 Å². The molecule has 0 aromatic heterocycles. The normalized spacial score (nSPS) is 16.1. The largest absolute Gasteiger partial charge is 0.381 e. The number of aryl methyl sites for hydroxylation is 1. The van der Waals surface area contributed by atoms with Gasteiger partial charge in [-0.05, 0) is 44.2 Å². The van der Waals surface area contributed by atoms with E-state index in [0.29, 0.717) is 5.92 Å². The van der Waals surface area contributed by atoms with Crippen molar-refractivity contribution in [2.45, 2.75) is 26.2 Å². The Kier molecular flexibility index (Phi) is 5.21. The predicted octanol–water partition coefficient (Wildman–Crippen LogP) is 2.93. The van der Waals surface area contributed by atoms with E-state index in [-0.39, 0.29) is 6.03 Å². The lowest BCUT2D eigenvalue weighted by Crippen LogP contribution is -2.31. The Balaban J connectivity index is 1.65. The summed E-state index contributed by atoms with van der Waals surface area (Å²) < 4.78 is 5.32. The molecule has 0 spiro atoms. The fourth-order valence-electron chi connectivity index (χ4n) is 2.24. The van der Waals surface area contributed by atoms with Gasteiger partial charge in [0.25, 0.3) is 0 Å². The second-order valence-electron chi connectivity index (χ2n) is 5.09. The molecule has 1 aromatic rings. The molecule has 4 nitrogen and oxygen atoms in total. The van der Waals surface area contributed by atoms with Gasteiger partial charge in [0.1, 0.15) is 0 Å². The van der Waals surface area contributed by atoms with Crippen molar-refractivity contribution in [1.29, 1.82) is 0 Å². The quantitative estimate of drug-likeness (QED) is 0.876. The van der Waals surface area contributed by atoms with E-state index in [1.165, 1.54) is 5.56 Å². The zero-order valence-corrected chi connectivity index (χ0v) is 11.4. The van der Waals surface area contributed by atoms with Crippen molar-refractivity contribution < 1.29 is 9.53 Å². The highest BCUT2D eigenvalue weighted by Gasteiger charge is 2.13. The van der Waals surface area contributed by atoms with E-state index in [2.05, 4.69) is 10.6 Å². The molecule has 1 aliphatic rings. The van der Waals surface area contributed by atoms with Gasteiger partial charge in [-0.3, -0.25) is 0 Å². The summed E-state index contributed by atoms with van der Waals surface area (Å²) >= 11 is 0. The van der Waals surface area contributed by atoms with Gasteiger partial charge in [-0.25, -0.2) is 4.79 Å². The molecule has 1 saturated heterocycles. The lowest BCUT2D eigenvalue weighted by molar-refractivity contribution is 0.0642. The van der Waals surface area contributed by atoms with Crippen LogP contribution in [0.2, 0.25) is 0 Å². The van der Waals surface area contributed by atoms with Crippen LogP contribution < -0.4 is 10.6 Å². The number of rotatable bonds is 4. The van der Waals surface area contributed by atoms with Gasteiger partial charge in [0.15, 0.2) is 0 Å². The molecule has 0 atom stereocenters. The average molecular weight is 262 g/mol. The van der Waals surface area contributed by atoms with Crippen LogP contribution in [0, 0.1) is 12.8 Å². The summed E-state index contributed by atoms with van der Waals surface area (Å²) in [6, 6.07) is 7.66. The molecule has 2 amide bonds. The fraction of sp³-hybridized carbons (Fsp3) is 0.533. The van der Waals surface area contributed by atoms with E-state index in [9.17, 15) is 4.79 Å². The van der Waals surface area contributed by atoms with E-state index < -0.39 is 0 Å². The molecule has 0 unspecified atom stereocenters. The summed E-state index contributed by atoms with van der Waals surface area (Å²) in [6.07, 6.45) is 3.26. The number of hydrogen-bond donors (Lipinski definition) is 2. The molecular weight excluding hydrogens is 240 g/mol. The standard InChI is InChI=1S/C15H22N2O2/c1-12-2-4-14(5-3-12)17-15(18)16-9-6-13-7-10-19-11-8-13/h2-5,13H,6-11H2,1H3,(H2,16,17,18). The Morgan fingerprint density at radius 1 is 1.26 bits per heavy atom. The van der Waals surface area contributed by atoms with Crippen LogP contribution in [0.4, 0.5) is 10.5 Å². The van der Waals surface area contributed by atoms with Gasteiger partial charge in [0.2, 0.25) is 0 Å². The topological polar surface area (TPSA) is 50.4 Å². The van der Waals surface area contributed by atoms with Gasteiger partial charge in [-0.1, -0.05) is 17.7 Å². The SMILES string of the molecule is Cc1ccc(NC(=O)NCCC2CCOCC2)cc1. The number of anilines is 1. The molecule has 0 saturated carbocycles. The number of hydrogen-bond acceptors (Lipinski definition) is 2. The van der Waals surface area contributed by atoms with Crippen molar-refractivity contribution in [2.75, 3.05) is 25.1 Å². The van der Waals surface area contributed by atoms with Gasteiger partial charge in [0.05, 0.1) is 0 Å². The minimum atomic E-state index is -0.129. The summed E-state index contributed by atoms with van der Waals surface area (Å²) in [5.74, 6) is 0.688. The molecule has 4 heteroatoms. The van der Waals surface area contributed by atoms with Crippen molar-refractivity contribution in [3.8, 4) is 0 Å². The second kappa shape index (κ2) is 7.14. The molecule has 0 bridgehead atoms. The van der Waals surface area contributed by atoms with Gasteiger partial charge < -0.3 is 15.4 Å². The highest BCUT2D eigenvalue weighted by atomic mass is 16.5. The number of nitrogens with one attached hydrogen (secondary N) is 2. The van der Waals surface area contributed by atoms with Crippen LogP contribution in [0.1, 0.15) is 24.8 Å². The molecule has 2 rings (SSSR count). The number of amides is 2. The molecule has 1 aliphatic heterocycles. The maximum Gasteiger partial charge on any atom is 0.319 e. The first-order valence-electron chi connectivity index (χ1n) is 6.93.